The molecule has 1 atom stereocenters. The Kier molecular flexibility index (Phi) is 1.42. The Morgan fingerprint density at radius 2 is 2.27 bits per heavy atom. The molecular weight excluding hydrogens is 164 g/mol. The lowest BCUT2D eigenvalue weighted by atomic mass is 10.3. The van der Waals surface area contributed by atoms with Crippen molar-refractivity contribution in [3.63, 3.8) is 0 Å². The molecule has 0 amide bonds. The molecule has 3 nitrogen and oxygen atoms in total. The minimum absolute atomic E-state index is 0.0671. The quantitative estimate of drug-likeness (QED) is 0.578. The van der Waals surface area contributed by atoms with E-state index in [9.17, 15) is 5.21 Å². The number of hydroxylamine groups is 1. The van der Waals surface area contributed by atoms with Crippen molar-refractivity contribution in [1.29, 1.82) is 0 Å². The van der Waals surface area contributed by atoms with Gasteiger partial charge in [0.2, 0.25) is 0 Å². The number of rotatable bonds is 0. The summed E-state index contributed by atoms with van der Waals surface area (Å²) in [4.78, 5) is 3.89. The first-order valence-corrected chi connectivity index (χ1v) is 3.53. The van der Waals surface area contributed by atoms with E-state index < -0.39 is 0 Å². The molecule has 1 heterocycles. The predicted molar refractivity (Wildman–Crippen MR) is 43.6 cm³/mol. The Labute approximate surface area is 68.5 Å². The first kappa shape index (κ1) is 6.79. The molecule has 1 unspecified atom stereocenters. The maximum Gasteiger partial charge on any atom is 0.194 e. The SMILES string of the molecule is [O-][NH+]1C=Nc2ccc(Cl)cc21. The van der Waals surface area contributed by atoms with E-state index >= 15 is 0 Å². The lowest BCUT2D eigenvalue weighted by Crippen LogP contribution is -2.99. The third kappa shape index (κ3) is 1.03. The van der Waals surface area contributed by atoms with Crippen LogP contribution in [-0.2, 0) is 0 Å². The van der Waals surface area contributed by atoms with E-state index in [4.69, 9.17) is 11.6 Å². The van der Waals surface area contributed by atoms with Gasteiger partial charge in [0.1, 0.15) is 5.69 Å². The first-order chi connectivity index (χ1) is 5.27. The van der Waals surface area contributed by atoms with Crippen LogP contribution in [0.3, 0.4) is 0 Å². The summed E-state index contributed by atoms with van der Waals surface area (Å²) in [6, 6.07) is 5.08. The third-order valence-electron chi connectivity index (χ3n) is 1.54. The van der Waals surface area contributed by atoms with Crippen molar-refractivity contribution < 1.29 is 5.06 Å². The van der Waals surface area contributed by atoms with Crippen molar-refractivity contribution in [1.82, 2.24) is 0 Å². The first-order valence-electron chi connectivity index (χ1n) is 3.15. The van der Waals surface area contributed by atoms with Crippen LogP contribution in [0.5, 0.6) is 0 Å². The van der Waals surface area contributed by atoms with Crippen LogP contribution in [0, 0.1) is 5.21 Å². The Bertz CT molecular complexity index is 324. The lowest BCUT2D eigenvalue weighted by molar-refractivity contribution is -0.655. The molecule has 1 aromatic rings. The molecular formula is C7H5ClN2O. The van der Waals surface area contributed by atoms with Gasteiger partial charge in [-0.05, 0) is 12.1 Å². The smallest absolute Gasteiger partial charge is 0.194 e. The van der Waals surface area contributed by atoms with Crippen molar-refractivity contribution in [2.45, 2.75) is 0 Å². The van der Waals surface area contributed by atoms with Crippen LogP contribution in [0.1, 0.15) is 0 Å². The average molecular weight is 169 g/mol. The van der Waals surface area contributed by atoms with Crippen LogP contribution in [0.2, 0.25) is 5.02 Å². The van der Waals surface area contributed by atoms with E-state index in [1.807, 2.05) is 0 Å². The second-order valence-corrected chi connectivity index (χ2v) is 2.72. The van der Waals surface area contributed by atoms with E-state index in [2.05, 4.69) is 4.99 Å². The Hall–Kier alpha value is -0.900. The van der Waals surface area contributed by atoms with Crippen molar-refractivity contribution in [2.24, 2.45) is 4.99 Å². The van der Waals surface area contributed by atoms with Gasteiger partial charge in [0.15, 0.2) is 12.0 Å². The van der Waals surface area contributed by atoms with Gasteiger partial charge >= 0.3 is 0 Å². The Balaban J connectivity index is 2.58. The number of quaternary nitrogens is 1. The molecule has 2 rings (SSSR count). The monoisotopic (exact) mass is 168 g/mol. The highest BCUT2D eigenvalue weighted by atomic mass is 35.5. The zero-order chi connectivity index (χ0) is 7.84. The molecule has 1 N–H and O–H groups in total. The molecule has 1 aliphatic heterocycles. The molecule has 4 heteroatoms. The molecule has 0 aromatic heterocycles. The van der Waals surface area contributed by atoms with Gasteiger partial charge in [0.05, 0.1) is 0 Å². The number of fused-ring (bicyclic) bond motifs is 1. The third-order valence-corrected chi connectivity index (χ3v) is 1.78. The maximum absolute atomic E-state index is 11.0. The highest BCUT2D eigenvalue weighted by Crippen LogP contribution is 2.26. The van der Waals surface area contributed by atoms with Crippen LogP contribution in [0.4, 0.5) is 11.4 Å². The summed E-state index contributed by atoms with van der Waals surface area (Å²) in [7, 11) is 0. The fraction of sp³-hybridized carbons (Fsp3) is 0. The van der Waals surface area contributed by atoms with Crippen LogP contribution in [0.25, 0.3) is 0 Å². The highest BCUT2D eigenvalue weighted by molar-refractivity contribution is 6.30. The number of hydrogen-bond acceptors (Lipinski definition) is 2. The Morgan fingerprint density at radius 1 is 1.45 bits per heavy atom. The van der Waals surface area contributed by atoms with Gasteiger partial charge in [-0.3, -0.25) is 5.06 Å². The molecule has 0 bridgehead atoms. The second-order valence-electron chi connectivity index (χ2n) is 2.28. The van der Waals surface area contributed by atoms with Crippen molar-refractivity contribution in [3.05, 3.63) is 28.4 Å². The number of benzene rings is 1. The van der Waals surface area contributed by atoms with Gasteiger partial charge in [0.25, 0.3) is 0 Å². The molecule has 1 aliphatic rings. The van der Waals surface area contributed by atoms with Gasteiger partial charge in [-0.15, -0.1) is 0 Å². The minimum atomic E-state index is -0.0671. The summed E-state index contributed by atoms with van der Waals surface area (Å²) in [5.41, 5.74) is 1.30. The average Bonchev–Trinajstić information content (AvgIpc) is 2.33. The van der Waals surface area contributed by atoms with E-state index in [0.717, 1.165) is 0 Å². The molecule has 56 valence electrons. The highest BCUT2D eigenvalue weighted by Gasteiger charge is 2.13. The molecule has 0 radical (unpaired) electrons. The van der Waals surface area contributed by atoms with Gasteiger partial charge < -0.3 is 5.21 Å². The van der Waals surface area contributed by atoms with Gasteiger partial charge in [0, 0.05) is 11.1 Å². The van der Waals surface area contributed by atoms with E-state index in [1.165, 1.54) is 6.34 Å². The molecule has 0 spiro atoms. The molecule has 11 heavy (non-hydrogen) atoms. The topological polar surface area (TPSA) is 39.9 Å². The zero-order valence-corrected chi connectivity index (χ0v) is 6.30. The second kappa shape index (κ2) is 2.30. The fourth-order valence-electron chi connectivity index (χ4n) is 1.02. The van der Waals surface area contributed by atoms with E-state index in [0.29, 0.717) is 16.4 Å². The summed E-state index contributed by atoms with van der Waals surface area (Å²) in [6.07, 6.45) is 1.31. The van der Waals surface area contributed by atoms with Crippen LogP contribution >= 0.6 is 11.6 Å². The van der Waals surface area contributed by atoms with Gasteiger partial charge in [-0.2, -0.15) is 4.99 Å². The maximum atomic E-state index is 11.0. The van der Waals surface area contributed by atoms with Crippen LogP contribution in [-0.4, -0.2) is 6.34 Å². The number of halogens is 1. The minimum Gasteiger partial charge on any atom is -0.623 e. The molecule has 1 aromatic carbocycles. The van der Waals surface area contributed by atoms with E-state index in [-0.39, 0.29) is 5.06 Å². The van der Waals surface area contributed by atoms with Crippen molar-refractivity contribution in [2.75, 3.05) is 0 Å². The molecule has 0 fully saturated rings. The number of nitrogens with one attached hydrogen (secondary N) is 1. The standard InChI is InChI=1S/C7H5ClN2O/c8-5-1-2-6-7(3-5)10(11)4-9-6/h1-4,10H. The molecule has 0 saturated heterocycles. The summed E-state index contributed by atoms with van der Waals surface area (Å²) in [6.45, 7) is 0. The summed E-state index contributed by atoms with van der Waals surface area (Å²) >= 11 is 5.68. The predicted octanol–water partition coefficient (Wildman–Crippen LogP) is 1.03. The molecule has 0 aliphatic carbocycles. The zero-order valence-electron chi connectivity index (χ0n) is 5.54. The summed E-state index contributed by atoms with van der Waals surface area (Å²) in [5.74, 6) is 0. The summed E-state index contributed by atoms with van der Waals surface area (Å²) in [5, 5.41) is 11.5. The summed E-state index contributed by atoms with van der Waals surface area (Å²) < 4.78 is 0. The van der Waals surface area contributed by atoms with E-state index in [1.54, 1.807) is 18.2 Å². The molecule has 0 saturated carbocycles. The van der Waals surface area contributed by atoms with Crippen molar-refractivity contribution in [3.8, 4) is 0 Å². The van der Waals surface area contributed by atoms with Gasteiger partial charge in [-0.1, -0.05) is 11.6 Å². The number of nitrogens with zero attached hydrogens (tertiary/aromatic N) is 1. The van der Waals surface area contributed by atoms with Crippen molar-refractivity contribution >= 4 is 29.3 Å². The lowest BCUT2D eigenvalue weighted by Gasteiger charge is -2.10. The van der Waals surface area contributed by atoms with Crippen LogP contribution in [0.15, 0.2) is 23.2 Å². The largest absolute Gasteiger partial charge is 0.623 e. The normalized spacial score (nSPS) is 20.4. The van der Waals surface area contributed by atoms with Gasteiger partial charge in [-0.25, -0.2) is 0 Å². The fourth-order valence-corrected chi connectivity index (χ4v) is 1.19. The number of aliphatic imine (C=N–C) groups is 1. The number of hydrogen-bond donors (Lipinski definition) is 1. The van der Waals surface area contributed by atoms with Crippen LogP contribution < -0.4 is 5.06 Å². The Morgan fingerprint density at radius 3 is 3.09 bits per heavy atom.